The highest BCUT2D eigenvalue weighted by Gasteiger charge is 2.07. The summed E-state index contributed by atoms with van der Waals surface area (Å²) >= 11 is 0. The largest absolute Gasteiger partial charge is 0.493 e. The van der Waals surface area contributed by atoms with Crippen molar-refractivity contribution in [3.63, 3.8) is 0 Å². The van der Waals surface area contributed by atoms with Gasteiger partial charge in [-0.2, -0.15) is 9.97 Å². The molecule has 0 aliphatic heterocycles. The Labute approximate surface area is 70.2 Å². The lowest BCUT2D eigenvalue weighted by Crippen LogP contribution is -1.97. The molecule has 0 bridgehead atoms. The van der Waals surface area contributed by atoms with E-state index in [0.717, 1.165) is 6.07 Å². The summed E-state index contributed by atoms with van der Waals surface area (Å²) in [5.41, 5.74) is 0. The van der Waals surface area contributed by atoms with Crippen LogP contribution >= 0.6 is 0 Å². The lowest BCUT2D eigenvalue weighted by molar-refractivity contribution is 0.415. The van der Waals surface area contributed by atoms with Crippen molar-refractivity contribution in [1.29, 1.82) is 0 Å². The molecule has 1 atom stereocenters. The topological polar surface area (TPSA) is 66.2 Å². The molecule has 2 N–H and O–H groups in total. The molecular formula is C8H10N2O2. The van der Waals surface area contributed by atoms with Gasteiger partial charge in [0, 0.05) is 5.92 Å². The molecule has 4 nitrogen and oxygen atoms in total. The lowest BCUT2D eigenvalue weighted by Gasteiger charge is -2.04. The second kappa shape index (κ2) is 3.21. The molecule has 1 rings (SSSR count). The van der Waals surface area contributed by atoms with Crippen LogP contribution in [0.1, 0.15) is 18.7 Å². The number of aromatic nitrogens is 2. The summed E-state index contributed by atoms with van der Waals surface area (Å²) in [6.07, 6.45) is 1.63. The number of rotatable bonds is 2. The third-order valence-electron chi connectivity index (χ3n) is 1.48. The molecule has 1 aromatic heterocycles. The van der Waals surface area contributed by atoms with Crippen molar-refractivity contribution in [3.05, 3.63) is 24.5 Å². The van der Waals surface area contributed by atoms with Crippen LogP contribution < -0.4 is 0 Å². The van der Waals surface area contributed by atoms with Gasteiger partial charge in [-0.3, -0.25) is 0 Å². The maximum atomic E-state index is 8.99. The van der Waals surface area contributed by atoms with Crippen LogP contribution in [-0.2, 0) is 0 Å². The maximum Gasteiger partial charge on any atom is 0.217 e. The van der Waals surface area contributed by atoms with E-state index in [2.05, 4.69) is 16.5 Å². The van der Waals surface area contributed by atoms with Crippen LogP contribution in [0, 0.1) is 0 Å². The van der Waals surface area contributed by atoms with Gasteiger partial charge in [-0.05, 0) is 0 Å². The summed E-state index contributed by atoms with van der Waals surface area (Å²) < 4.78 is 0. The van der Waals surface area contributed by atoms with Crippen molar-refractivity contribution in [3.8, 4) is 11.8 Å². The molecule has 0 aliphatic rings. The van der Waals surface area contributed by atoms with E-state index in [9.17, 15) is 0 Å². The van der Waals surface area contributed by atoms with E-state index in [0.29, 0.717) is 5.82 Å². The molecule has 0 saturated carbocycles. The molecule has 0 radical (unpaired) electrons. The predicted octanol–water partition coefficient (Wildman–Crippen LogP) is 1.18. The highest BCUT2D eigenvalue weighted by molar-refractivity contribution is 5.20. The third kappa shape index (κ3) is 1.72. The van der Waals surface area contributed by atoms with E-state index in [1.54, 1.807) is 6.08 Å². The molecule has 0 spiro atoms. The standard InChI is InChI=1S/C8H10N2O2/c1-3-5(2)8-9-6(11)4-7(12)10-8/h3-5H,1H2,2H3,(H2,9,10,11,12). The Bertz CT molecular complexity index is 279. The van der Waals surface area contributed by atoms with Crippen LogP contribution in [0.15, 0.2) is 18.7 Å². The van der Waals surface area contributed by atoms with Gasteiger partial charge in [0.1, 0.15) is 5.82 Å². The average Bonchev–Trinajstić information content (AvgIpc) is 2.01. The number of hydrogen-bond donors (Lipinski definition) is 2. The molecular weight excluding hydrogens is 156 g/mol. The van der Waals surface area contributed by atoms with E-state index < -0.39 is 0 Å². The zero-order chi connectivity index (χ0) is 9.14. The smallest absolute Gasteiger partial charge is 0.217 e. The van der Waals surface area contributed by atoms with Crippen LogP contribution in [0.4, 0.5) is 0 Å². The van der Waals surface area contributed by atoms with Crippen LogP contribution in [-0.4, -0.2) is 20.2 Å². The van der Waals surface area contributed by atoms with Crippen molar-refractivity contribution >= 4 is 0 Å². The molecule has 4 heteroatoms. The first-order chi connectivity index (χ1) is 5.63. The summed E-state index contributed by atoms with van der Waals surface area (Å²) in [5, 5.41) is 18.0. The molecule has 64 valence electrons. The Hall–Kier alpha value is -1.58. The Morgan fingerprint density at radius 2 is 1.92 bits per heavy atom. The SMILES string of the molecule is C=CC(C)c1nc(O)cc(O)n1. The number of hydrogen-bond acceptors (Lipinski definition) is 4. The first kappa shape index (κ1) is 8.52. The molecule has 1 aromatic rings. The summed E-state index contributed by atoms with van der Waals surface area (Å²) in [7, 11) is 0. The lowest BCUT2D eigenvalue weighted by atomic mass is 10.2. The van der Waals surface area contributed by atoms with E-state index in [4.69, 9.17) is 10.2 Å². The fourth-order valence-corrected chi connectivity index (χ4v) is 0.749. The zero-order valence-electron chi connectivity index (χ0n) is 6.73. The van der Waals surface area contributed by atoms with Gasteiger partial charge in [0.2, 0.25) is 11.8 Å². The summed E-state index contributed by atoms with van der Waals surface area (Å²) in [5.74, 6) is -0.178. The fourth-order valence-electron chi connectivity index (χ4n) is 0.749. The van der Waals surface area contributed by atoms with E-state index >= 15 is 0 Å². The highest BCUT2D eigenvalue weighted by Crippen LogP contribution is 2.18. The Morgan fingerprint density at radius 1 is 1.42 bits per heavy atom. The first-order valence-corrected chi connectivity index (χ1v) is 3.53. The minimum atomic E-state index is -0.230. The van der Waals surface area contributed by atoms with Gasteiger partial charge < -0.3 is 10.2 Å². The van der Waals surface area contributed by atoms with Gasteiger partial charge in [0.15, 0.2) is 0 Å². The van der Waals surface area contributed by atoms with Gasteiger partial charge in [-0.15, -0.1) is 6.58 Å². The molecule has 12 heavy (non-hydrogen) atoms. The Kier molecular flexibility index (Phi) is 2.28. The van der Waals surface area contributed by atoms with Gasteiger partial charge in [0.25, 0.3) is 0 Å². The quantitative estimate of drug-likeness (QED) is 0.647. The highest BCUT2D eigenvalue weighted by atomic mass is 16.3. The summed E-state index contributed by atoms with van der Waals surface area (Å²) in [4.78, 5) is 7.44. The van der Waals surface area contributed by atoms with Crippen LogP contribution in [0.25, 0.3) is 0 Å². The van der Waals surface area contributed by atoms with E-state index in [-0.39, 0.29) is 17.7 Å². The van der Waals surface area contributed by atoms with Crippen molar-refractivity contribution in [2.45, 2.75) is 12.8 Å². The molecule has 0 amide bonds. The van der Waals surface area contributed by atoms with Crippen molar-refractivity contribution < 1.29 is 10.2 Å². The minimum absolute atomic E-state index is 0.0806. The molecule has 1 unspecified atom stereocenters. The molecule has 0 saturated heterocycles. The van der Waals surface area contributed by atoms with Crippen LogP contribution in [0.3, 0.4) is 0 Å². The second-order valence-electron chi connectivity index (χ2n) is 2.47. The fraction of sp³-hybridized carbons (Fsp3) is 0.250. The zero-order valence-corrected chi connectivity index (χ0v) is 6.73. The summed E-state index contributed by atoms with van der Waals surface area (Å²) in [6, 6.07) is 1.08. The van der Waals surface area contributed by atoms with E-state index in [1.165, 1.54) is 0 Å². The van der Waals surface area contributed by atoms with Crippen molar-refractivity contribution in [1.82, 2.24) is 9.97 Å². The summed E-state index contributed by atoms with van der Waals surface area (Å²) in [6.45, 7) is 5.37. The number of nitrogens with zero attached hydrogens (tertiary/aromatic N) is 2. The first-order valence-electron chi connectivity index (χ1n) is 3.53. The average molecular weight is 166 g/mol. The van der Waals surface area contributed by atoms with Gasteiger partial charge in [-0.25, -0.2) is 0 Å². The normalized spacial score (nSPS) is 12.4. The molecule has 0 fully saturated rings. The maximum absolute atomic E-state index is 8.99. The Morgan fingerprint density at radius 3 is 2.33 bits per heavy atom. The van der Waals surface area contributed by atoms with E-state index in [1.807, 2.05) is 6.92 Å². The third-order valence-corrected chi connectivity index (χ3v) is 1.48. The monoisotopic (exact) mass is 166 g/mol. The van der Waals surface area contributed by atoms with Gasteiger partial charge in [0.05, 0.1) is 6.07 Å². The molecule has 0 aliphatic carbocycles. The van der Waals surface area contributed by atoms with Gasteiger partial charge in [-0.1, -0.05) is 13.0 Å². The van der Waals surface area contributed by atoms with Crippen molar-refractivity contribution in [2.75, 3.05) is 0 Å². The Balaban J connectivity index is 3.08. The molecule has 0 aromatic carbocycles. The van der Waals surface area contributed by atoms with Crippen molar-refractivity contribution in [2.24, 2.45) is 0 Å². The van der Waals surface area contributed by atoms with Crippen LogP contribution in [0.2, 0.25) is 0 Å². The van der Waals surface area contributed by atoms with Gasteiger partial charge >= 0.3 is 0 Å². The number of aromatic hydroxyl groups is 2. The minimum Gasteiger partial charge on any atom is -0.493 e. The predicted molar refractivity (Wildman–Crippen MR) is 44.0 cm³/mol. The second-order valence-corrected chi connectivity index (χ2v) is 2.47. The molecule has 1 heterocycles. The van der Waals surface area contributed by atoms with Crippen LogP contribution in [0.5, 0.6) is 11.8 Å². The number of allylic oxidation sites excluding steroid dienone is 1.